The molecule has 0 saturated carbocycles. The molecular weight excluding hydrogens is 433 g/mol. The summed E-state index contributed by atoms with van der Waals surface area (Å²) in [5.41, 5.74) is -1.60. The van der Waals surface area contributed by atoms with E-state index in [2.05, 4.69) is 10.1 Å². The maximum absolute atomic E-state index is 12.9. The predicted octanol–water partition coefficient (Wildman–Crippen LogP) is 4.15. The number of piperidine rings is 1. The molecule has 3 rings (SSSR count). The molecule has 32 heavy (non-hydrogen) atoms. The number of rotatable bonds is 7. The highest BCUT2D eigenvalue weighted by atomic mass is 19.4. The second-order valence-corrected chi connectivity index (χ2v) is 8.03. The Morgan fingerprint density at radius 1 is 1.34 bits per heavy atom. The molecule has 0 radical (unpaired) electrons. The minimum absolute atomic E-state index is 0.0957. The van der Waals surface area contributed by atoms with Crippen molar-refractivity contribution in [1.82, 2.24) is 10.1 Å². The minimum Gasteiger partial charge on any atom is -0.455 e. The lowest BCUT2D eigenvalue weighted by molar-refractivity contribution is -0.384. The first kappa shape index (κ1) is 23.5. The SMILES string of the molecule is CC(C)Cc1noc(COC(=O)C2CCN(c3ccc(C(F)(F)F)cc3[N+](=O)[O-])CC2)n1. The molecule has 0 aliphatic carbocycles. The fraction of sp³-hybridized carbons (Fsp3) is 0.550. The van der Waals surface area contributed by atoms with Crippen LogP contribution in [0.3, 0.4) is 0 Å². The summed E-state index contributed by atoms with van der Waals surface area (Å²) >= 11 is 0. The number of carbonyl (C=O) groups excluding carboxylic acids is 1. The highest BCUT2D eigenvalue weighted by Gasteiger charge is 2.35. The summed E-state index contributed by atoms with van der Waals surface area (Å²) < 4.78 is 49.0. The number of benzene rings is 1. The summed E-state index contributed by atoms with van der Waals surface area (Å²) in [5.74, 6) is 0.214. The van der Waals surface area contributed by atoms with Crippen LogP contribution in [0.1, 0.15) is 44.0 Å². The van der Waals surface area contributed by atoms with Gasteiger partial charge in [0.25, 0.3) is 11.6 Å². The van der Waals surface area contributed by atoms with Crippen LogP contribution in [-0.4, -0.2) is 34.1 Å². The van der Waals surface area contributed by atoms with Crippen molar-refractivity contribution < 1.29 is 32.1 Å². The first-order valence-electron chi connectivity index (χ1n) is 10.1. The molecule has 0 N–H and O–H groups in total. The largest absolute Gasteiger partial charge is 0.455 e. The molecule has 2 aromatic rings. The van der Waals surface area contributed by atoms with Crippen LogP contribution in [0, 0.1) is 22.0 Å². The summed E-state index contributed by atoms with van der Waals surface area (Å²) in [6, 6.07) is 2.46. The molecule has 1 aromatic carbocycles. The van der Waals surface area contributed by atoms with E-state index in [1.165, 1.54) is 0 Å². The Labute approximate surface area is 181 Å². The molecule has 1 saturated heterocycles. The highest BCUT2D eigenvalue weighted by molar-refractivity contribution is 5.73. The van der Waals surface area contributed by atoms with Crippen LogP contribution in [0.25, 0.3) is 0 Å². The van der Waals surface area contributed by atoms with E-state index in [9.17, 15) is 28.1 Å². The number of hydrogen-bond donors (Lipinski definition) is 0. The molecule has 1 aromatic heterocycles. The van der Waals surface area contributed by atoms with Crippen LogP contribution in [0.5, 0.6) is 0 Å². The minimum atomic E-state index is -4.67. The summed E-state index contributed by atoms with van der Waals surface area (Å²) in [5, 5.41) is 15.1. The molecule has 12 heteroatoms. The molecule has 1 aliphatic rings. The molecule has 1 fully saturated rings. The van der Waals surface area contributed by atoms with E-state index in [1.807, 2.05) is 13.8 Å². The van der Waals surface area contributed by atoms with E-state index in [0.717, 1.165) is 12.1 Å². The van der Waals surface area contributed by atoms with Crippen molar-refractivity contribution in [2.75, 3.05) is 18.0 Å². The third-order valence-corrected chi connectivity index (χ3v) is 5.11. The van der Waals surface area contributed by atoms with Gasteiger partial charge in [-0.15, -0.1) is 0 Å². The topological polar surface area (TPSA) is 112 Å². The molecule has 0 unspecified atom stereocenters. The van der Waals surface area contributed by atoms with Gasteiger partial charge in [-0.1, -0.05) is 19.0 Å². The molecule has 9 nitrogen and oxygen atoms in total. The van der Waals surface area contributed by atoms with Gasteiger partial charge in [0.05, 0.1) is 16.4 Å². The number of halogens is 3. The van der Waals surface area contributed by atoms with Crippen molar-refractivity contribution in [2.24, 2.45) is 11.8 Å². The van der Waals surface area contributed by atoms with Crippen LogP contribution in [0.4, 0.5) is 24.5 Å². The molecule has 0 amide bonds. The second-order valence-electron chi connectivity index (χ2n) is 8.03. The number of alkyl halides is 3. The first-order chi connectivity index (χ1) is 15.0. The lowest BCUT2D eigenvalue weighted by Gasteiger charge is -2.32. The van der Waals surface area contributed by atoms with Crippen molar-refractivity contribution >= 4 is 17.3 Å². The Morgan fingerprint density at radius 3 is 2.62 bits per heavy atom. The monoisotopic (exact) mass is 456 g/mol. The van der Waals surface area contributed by atoms with Gasteiger partial charge in [-0.2, -0.15) is 18.2 Å². The van der Waals surface area contributed by atoms with Gasteiger partial charge in [0, 0.05) is 25.6 Å². The molecule has 0 spiro atoms. The van der Waals surface area contributed by atoms with Gasteiger partial charge >= 0.3 is 12.1 Å². The zero-order valence-corrected chi connectivity index (χ0v) is 17.6. The molecular formula is C20H23F3N4O5. The molecule has 0 atom stereocenters. The predicted molar refractivity (Wildman–Crippen MR) is 106 cm³/mol. The lowest BCUT2D eigenvalue weighted by Crippen LogP contribution is -2.37. The van der Waals surface area contributed by atoms with Crippen LogP contribution in [0.15, 0.2) is 22.7 Å². The Morgan fingerprint density at radius 2 is 2.03 bits per heavy atom. The van der Waals surface area contributed by atoms with Gasteiger partial charge in [0.15, 0.2) is 12.4 Å². The zero-order valence-electron chi connectivity index (χ0n) is 17.6. The van der Waals surface area contributed by atoms with Gasteiger partial charge in [-0.3, -0.25) is 14.9 Å². The smallest absolute Gasteiger partial charge is 0.416 e. The van der Waals surface area contributed by atoms with E-state index in [1.54, 1.807) is 4.90 Å². The third kappa shape index (κ3) is 5.74. The Balaban J connectivity index is 1.57. The number of carbonyl (C=O) groups is 1. The fourth-order valence-corrected chi connectivity index (χ4v) is 3.52. The third-order valence-electron chi connectivity index (χ3n) is 5.11. The van der Waals surface area contributed by atoms with Crippen LogP contribution in [0.2, 0.25) is 0 Å². The maximum atomic E-state index is 12.9. The van der Waals surface area contributed by atoms with Crippen molar-refractivity contribution in [3.8, 4) is 0 Å². The fourth-order valence-electron chi connectivity index (χ4n) is 3.52. The van der Waals surface area contributed by atoms with E-state index < -0.39 is 34.2 Å². The number of nitro groups is 1. The van der Waals surface area contributed by atoms with Gasteiger partial charge < -0.3 is 14.2 Å². The standard InChI is InChI=1S/C20H23F3N4O5/c1-12(2)9-17-24-18(32-25-17)11-31-19(28)13-5-7-26(8-6-13)15-4-3-14(20(21,22)23)10-16(15)27(29)30/h3-4,10,12-13H,5-9,11H2,1-2H3. The van der Waals surface area contributed by atoms with Crippen LogP contribution >= 0.6 is 0 Å². The van der Waals surface area contributed by atoms with E-state index in [0.29, 0.717) is 37.1 Å². The number of nitro benzene ring substituents is 1. The zero-order chi connectivity index (χ0) is 23.5. The highest BCUT2D eigenvalue weighted by Crippen LogP contribution is 2.37. The van der Waals surface area contributed by atoms with Crippen molar-refractivity contribution in [1.29, 1.82) is 0 Å². The summed E-state index contributed by atoms with van der Waals surface area (Å²) in [4.78, 5) is 28.6. The Hall–Kier alpha value is -3.18. The summed E-state index contributed by atoms with van der Waals surface area (Å²) in [6.45, 7) is 4.42. The normalized spacial score (nSPS) is 15.2. The van der Waals surface area contributed by atoms with Gasteiger partial charge in [0.2, 0.25) is 0 Å². The molecule has 0 bridgehead atoms. The van der Waals surface area contributed by atoms with E-state index in [4.69, 9.17) is 9.26 Å². The number of aromatic nitrogens is 2. The number of esters is 1. The number of nitrogens with zero attached hydrogens (tertiary/aromatic N) is 4. The van der Waals surface area contributed by atoms with Crippen molar-refractivity contribution in [2.45, 2.75) is 45.9 Å². The molecule has 2 heterocycles. The summed E-state index contributed by atoms with van der Waals surface area (Å²) in [7, 11) is 0. The average Bonchev–Trinajstić information content (AvgIpc) is 3.17. The number of ether oxygens (including phenoxy) is 1. The number of anilines is 1. The second kappa shape index (κ2) is 9.53. The van der Waals surface area contributed by atoms with Crippen LogP contribution < -0.4 is 4.90 Å². The van der Waals surface area contributed by atoms with Gasteiger partial charge in [0.1, 0.15) is 5.69 Å². The van der Waals surface area contributed by atoms with E-state index >= 15 is 0 Å². The average molecular weight is 456 g/mol. The quantitative estimate of drug-likeness (QED) is 0.347. The van der Waals surface area contributed by atoms with Gasteiger partial charge in [-0.05, 0) is 30.9 Å². The summed E-state index contributed by atoms with van der Waals surface area (Å²) in [6.07, 6.45) is -3.33. The van der Waals surface area contributed by atoms with Crippen molar-refractivity contribution in [3.05, 3.63) is 45.6 Å². The molecule has 1 aliphatic heterocycles. The maximum Gasteiger partial charge on any atom is 0.416 e. The molecule has 174 valence electrons. The Bertz CT molecular complexity index is 968. The lowest BCUT2D eigenvalue weighted by atomic mass is 9.96. The van der Waals surface area contributed by atoms with E-state index in [-0.39, 0.29) is 31.3 Å². The Kier molecular flexibility index (Phi) is 6.99. The number of hydrogen-bond acceptors (Lipinski definition) is 8. The van der Waals surface area contributed by atoms with Crippen molar-refractivity contribution in [3.63, 3.8) is 0 Å². The first-order valence-corrected chi connectivity index (χ1v) is 10.1. The van der Waals surface area contributed by atoms with Gasteiger partial charge in [-0.25, -0.2) is 0 Å². The van der Waals surface area contributed by atoms with Crippen LogP contribution in [-0.2, 0) is 28.7 Å².